The van der Waals surface area contributed by atoms with E-state index in [1.54, 1.807) is 12.1 Å². The van der Waals surface area contributed by atoms with E-state index < -0.39 is 0 Å². The van der Waals surface area contributed by atoms with Gasteiger partial charge in [-0.05, 0) is 98.3 Å². The van der Waals surface area contributed by atoms with Crippen LogP contribution in [0.1, 0.15) is 76.6 Å². The van der Waals surface area contributed by atoms with Gasteiger partial charge < -0.3 is 10.2 Å². The quantitative estimate of drug-likeness (QED) is 0.340. The maximum absolute atomic E-state index is 9.57. The maximum atomic E-state index is 9.57. The summed E-state index contributed by atoms with van der Waals surface area (Å²) in [6.07, 6.45) is 28.5. The van der Waals surface area contributed by atoms with Crippen LogP contribution >= 0.6 is 0 Å². The molecule has 45 heavy (non-hydrogen) atoms. The van der Waals surface area contributed by atoms with E-state index in [4.69, 9.17) is 0 Å². The molecule has 4 aliphatic carbocycles. The molecule has 10 radical (unpaired) electrons. The molecule has 6 rings (SSSR count). The second-order valence-electron chi connectivity index (χ2n) is 13.9. The Morgan fingerprint density at radius 3 is 1.20 bits per heavy atom. The monoisotopic (exact) mass is 674 g/mol. The van der Waals surface area contributed by atoms with E-state index in [1.807, 2.05) is 38.1 Å². The maximum Gasteiger partial charge on any atom is 2.00 e. The number of aryl methyl sites for hydroxylation is 2. The number of fused-ring (bicyclic) bond motifs is 2. The number of phenolic OH excluding ortho intramolecular Hbond substituents is 2. The van der Waals surface area contributed by atoms with E-state index in [9.17, 15) is 10.2 Å². The van der Waals surface area contributed by atoms with Crippen LogP contribution in [0.15, 0.2) is 85.0 Å². The van der Waals surface area contributed by atoms with Crippen molar-refractivity contribution in [2.75, 3.05) is 0 Å². The summed E-state index contributed by atoms with van der Waals surface area (Å²) in [5.41, 5.74) is 4.46. The molecule has 0 bridgehead atoms. The van der Waals surface area contributed by atoms with Crippen LogP contribution < -0.4 is 0 Å². The Bertz CT molecular complexity index is 1260. The van der Waals surface area contributed by atoms with Gasteiger partial charge in [0.25, 0.3) is 0 Å². The summed E-state index contributed by atoms with van der Waals surface area (Å²) < 4.78 is 0. The Morgan fingerprint density at radius 1 is 0.511 bits per heavy atom. The van der Waals surface area contributed by atoms with E-state index in [2.05, 4.69) is 116 Å². The van der Waals surface area contributed by atoms with E-state index in [0.717, 1.165) is 24.0 Å². The molecule has 2 aromatic rings. The predicted octanol–water partition coefficient (Wildman–Crippen LogP) is 10.3. The van der Waals surface area contributed by atoms with Crippen molar-refractivity contribution in [2.45, 2.75) is 79.1 Å². The van der Waals surface area contributed by atoms with Gasteiger partial charge in [-0.1, -0.05) is 126 Å². The molecule has 0 heterocycles. The molecule has 0 aromatic heterocycles. The van der Waals surface area contributed by atoms with Crippen molar-refractivity contribution in [3.63, 3.8) is 0 Å². The van der Waals surface area contributed by atoms with Crippen molar-refractivity contribution in [1.82, 2.24) is 0 Å². The smallest absolute Gasteiger partial charge is 0.508 e. The zero-order chi connectivity index (χ0) is 32.1. The Hall–Kier alpha value is -2.12. The molecule has 2 saturated carbocycles. The van der Waals surface area contributed by atoms with E-state index in [-0.39, 0.29) is 37.0 Å². The van der Waals surface area contributed by atoms with Crippen molar-refractivity contribution in [3.8, 4) is 11.5 Å². The molecule has 3 heteroatoms. The first kappa shape index (κ1) is 37.3. The minimum absolute atomic E-state index is 0. The Labute approximate surface area is 294 Å². The van der Waals surface area contributed by atoms with Crippen LogP contribution in [0.3, 0.4) is 0 Å². The average Bonchev–Trinajstić information content (AvgIpc) is 3.58. The van der Waals surface area contributed by atoms with Crippen molar-refractivity contribution >= 4 is 0 Å². The Morgan fingerprint density at radius 2 is 0.867 bits per heavy atom. The summed E-state index contributed by atoms with van der Waals surface area (Å²) in [4.78, 5) is 0. The van der Waals surface area contributed by atoms with E-state index >= 15 is 0 Å². The first-order valence-electron chi connectivity index (χ1n) is 15.6. The van der Waals surface area contributed by atoms with Crippen LogP contribution in [-0.2, 0) is 37.0 Å². The number of allylic oxidation sites excluding steroid dienone is 8. The largest absolute Gasteiger partial charge is 2.00 e. The van der Waals surface area contributed by atoms with Crippen molar-refractivity contribution in [1.29, 1.82) is 0 Å². The number of hydrogen-bond acceptors (Lipinski definition) is 2. The van der Waals surface area contributed by atoms with Crippen LogP contribution in [-0.4, -0.2) is 10.2 Å². The number of phenols is 2. The molecule has 0 unspecified atom stereocenters. The van der Waals surface area contributed by atoms with Gasteiger partial charge in [-0.15, -0.1) is 0 Å². The fourth-order valence-electron chi connectivity index (χ4n) is 5.64. The predicted molar refractivity (Wildman–Crippen MR) is 186 cm³/mol. The number of hydrogen-bond donors (Lipinski definition) is 2. The molecule has 2 aromatic carbocycles. The minimum atomic E-state index is 0. The molecule has 0 amide bonds. The molecule has 0 atom stereocenters. The molecular formula is C42H48O2Zr+2. The van der Waals surface area contributed by atoms with Gasteiger partial charge in [0.15, 0.2) is 0 Å². The third kappa shape index (κ3) is 10.2. The second kappa shape index (κ2) is 16.1. The van der Waals surface area contributed by atoms with Crippen molar-refractivity contribution in [2.24, 2.45) is 0 Å². The van der Waals surface area contributed by atoms with Gasteiger partial charge in [-0.25, -0.2) is 0 Å². The third-order valence-corrected chi connectivity index (χ3v) is 8.13. The molecule has 0 spiro atoms. The topological polar surface area (TPSA) is 40.5 Å². The van der Waals surface area contributed by atoms with Crippen LogP contribution in [0.4, 0.5) is 0 Å². The third-order valence-electron chi connectivity index (χ3n) is 8.13. The van der Waals surface area contributed by atoms with Crippen LogP contribution in [0.25, 0.3) is 0 Å². The summed E-state index contributed by atoms with van der Waals surface area (Å²) in [7, 11) is 0. The fraction of sp³-hybridized carbons (Fsp3) is 0.286. The Kier molecular flexibility index (Phi) is 13.4. The van der Waals surface area contributed by atoms with Crippen molar-refractivity contribution < 1.29 is 36.4 Å². The summed E-state index contributed by atoms with van der Waals surface area (Å²) in [6.45, 7) is 16.7. The summed E-state index contributed by atoms with van der Waals surface area (Å²) >= 11 is 0. The van der Waals surface area contributed by atoms with Gasteiger partial charge in [-0.2, -0.15) is 0 Å². The van der Waals surface area contributed by atoms with E-state index in [1.165, 1.54) is 46.6 Å². The van der Waals surface area contributed by atoms with Crippen LogP contribution in [0.5, 0.6) is 11.5 Å². The number of rotatable bonds is 3. The molecule has 4 aliphatic rings. The normalized spacial score (nSPS) is 18.9. The first-order valence-corrected chi connectivity index (χ1v) is 15.6. The van der Waals surface area contributed by atoms with Gasteiger partial charge >= 0.3 is 26.2 Å². The van der Waals surface area contributed by atoms with Crippen LogP contribution in [0.2, 0.25) is 0 Å². The zero-order valence-electron chi connectivity index (χ0n) is 28.2. The van der Waals surface area contributed by atoms with Gasteiger partial charge in [0.05, 0.1) is 0 Å². The number of benzene rings is 2. The molecular weight excluding hydrogens is 628 g/mol. The molecule has 0 saturated heterocycles. The molecule has 2 N–H and O–H groups in total. The van der Waals surface area contributed by atoms with Gasteiger partial charge in [0, 0.05) is 23.7 Å². The van der Waals surface area contributed by atoms with Crippen LogP contribution in [0, 0.1) is 75.0 Å². The first-order chi connectivity index (χ1) is 20.7. The second-order valence-corrected chi connectivity index (χ2v) is 13.9. The summed E-state index contributed by atoms with van der Waals surface area (Å²) in [5, 5.41) is 19.1. The Balaban J connectivity index is 0.000000194. The fourth-order valence-corrected chi connectivity index (χ4v) is 5.64. The van der Waals surface area contributed by atoms with Gasteiger partial charge in [0.1, 0.15) is 11.5 Å². The summed E-state index contributed by atoms with van der Waals surface area (Å²) in [6, 6.07) is 11.4. The van der Waals surface area contributed by atoms with Crippen molar-refractivity contribution in [3.05, 3.63) is 168 Å². The number of aromatic hydroxyl groups is 2. The molecule has 2 nitrogen and oxygen atoms in total. The standard InChI is InChI=1S/C20H16.2C11H16O.Zr/c1-3-7-19-15(5-1)9-11-17(19)13-14-18-12-10-16-6-2-4-8-20(16)18;2*1-8-5-6-10(12)9(7-8)11(2,3)4;/h1-12H,13-14H2;2*5-7,12H,1-4H3;/q;;;+2. The molecule has 0 aliphatic heterocycles. The SMILES string of the molecule is Cc1ccc(O)c(C(C)(C)C)c1.Cc1ccc(O)c(C(C)(C)C)c1.[CH]1[CH][C](CC[C]2[CH][CH][C]3C=CC=C[C]32)[C]2C=CC=C[C]12.[Zr+2]. The van der Waals surface area contributed by atoms with Gasteiger partial charge in [-0.3, -0.25) is 0 Å². The minimum Gasteiger partial charge on any atom is -0.508 e. The average molecular weight is 676 g/mol. The summed E-state index contributed by atoms with van der Waals surface area (Å²) in [5.74, 6) is 9.24. The molecule has 230 valence electrons. The zero-order valence-corrected chi connectivity index (χ0v) is 30.7. The molecule has 2 fully saturated rings. The van der Waals surface area contributed by atoms with E-state index in [0.29, 0.717) is 11.5 Å². The van der Waals surface area contributed by atoms with Gasteiger partial charge in [0.2, 0.25) is 0 Å².